The van der Waals surface area contributed by atoms with Crippen LogP contribution in [-0.4, -0.2) is 17.1 Å². The molecule has 2 aromatic rings. The van der Waals surface area contributed by atoms with Crippen LogP contribution >= 0.6 is 11.6 Å². The summed E-state index contributed by atoms with van der Waals surface area (Å²) in [6, 6.07) is 16.3. The van der Waals surface area contributed by atoms with Gasteiger partial charge < -0.3 is 10.2 Å². The molecule has 23 heavy (non-hydrogen) atoms. The Morgan fingerprint density at radius 1 is 1.04 bits per heavy atom. The first-order valence-corrected chi connectivity index (χ1v) is 8.19. The van der Waals surface area contributed by atoms with Gasteiger partial charge in [-0.25, -0.2) is 4.79 Å². The van der Waals surface area contributed by atoms with E-state index in [0.29, 0.717) is 10.8 Å². The third-order valence-electron chi connectivity index (χ3n) is 3.90. The number of urea groups is 1. The SMILES string of the molecule is O=C(Nc1ccccc1)N(Oc1ccc(Cl)cc1)C1CCCC1. The molecule has 0 aromatic heterocycles. The van der Waals surface area contributed by atoms with E-state index in [1.807, 2.05) is 30.3 Å². The van der Waals surface area contributed by atoms with Crippen molar-refractivity contribution in [3.8, 4) is 5.75 Å². The summed E-state index contributed by atoms with van der Waals surface area (Å²) in [4.78, 5) is 18.5. The van der Waals surface area contributed by atoms with E-state index in [9.17, 15) is 4.79 Å². The van der Waals surface area contributed by atoms with Gasteiger partial charge in [0.15, 0.2) is 5.75 Å². The van der Waals surface area contributed by atoms with Gasteiger partial charge in [-0.15, -0.1) is 0 Å². The Morgan fingerprint density at radius 2 is 1.70 bits per heavy atom. The molecular weight excluding hydrogens is 312 g/mol. The molecule has 0 unspecified atom stereocenters. The van der Waals surface area contributed by atoms with Gasteiger partial charge in [-0.3, -0.25) is 0 Å². The summed E-state index contributed by atoms with van der Waals surface area (Å²) in [5.74, 6) is 0.601. The van der Waals surface area contributed by atoms with Crippen molar-refractivity contribution in [2.75, 3.05) is 5.32 Å². The van der Waals surface area contributed by atoms with Crippen LogP contribution < -0.4 is 10.2 Å². The van der Waals surface area contributed by atoms with Gasteiger partial charge in [-0.1, -0.05) is 42.6 Å². The first kappa shape index (κ1) is 15.7. The predicted octanol–water partition coefficient (Wildman–Crippen LogP) is 5.11. The lowest BCUT2D eigenvalue weighted by Crippen LogP contribution is -2.44. The number of hydroxylamine groups is 2. The molecule has 1 aliphatic carbocycles. The number of halogens is 1. The van der Waals surface area contributed by atoms with E-state index < -0.39 is 0 Å². The zero-order valence-corrected chi connectivity index (χ0v) is 13.5. The zero-order chi connectivity index (χ0) is 16.1. The molecule has 0 heterocycles. The van der Waals surface area contributed by atoms with Crippen molar-refractivity contribution in [2.45, 2.75) is 31.7 Å². The van der Waals surface area contributed by atoms with E-state index in [2.05, 4.69) is 5.32 Å². The number of hydrogen-bond acceptors (Lipinski definition) is 2. The summed E-state index contributed by atoms with van der Waals surface area (Å²) in [7, 11) is 0. The van der Waals surface area contributed by atoms with E-state index in [0.717, 1.165) is 31.4 Å². The number of carbonyl (C=O) groups excluding carboxylic acids is 1. The van der Waals surface area contributed by atoms with Crippen LogP contribution in [0.15, 0.2) is 54.6 Å². The van der Waals surface area contributed by atoms with Crippen LogP contribution in [0.4, 0.5) is 10.5 Å². The summed E-state index contributed by atoms with van der Waals surface area (Å²) in [5, 5.41) is 4.99. The Bertz CT molecular complexity index is 640. The average Bonchev–Trinajstić information content (AvgIpc) is 3.09. The van der Waals surface area contributed by atoms with Crippen LogP contribution in [0.2, 0.25) is 5.02 Å². The highest BCUT2D eigenvalue weighted by Gasteiger charge is 2.29. The van der Waals surface area contributed by atoms with Crippen LogP contribution in [-0.2, 0) is 0 Å². The van der Waals surface area contributed by atoms with Gasteiger partial charge in [-0.2, -0.15) is 5.06 Å². The molecule has 1 saturated carbocycles. The lowest BCUT2D eigenvalue weighted by molar-refractivity contribution is -0.0411. The fraction of sp³-hybridized carbons (Fsp3) is 0.278. The molecule has 0 bridgehead atoms. The van der Waals surface area contributed by atoms with E-state index in [1.165, 1.54) is 5.06 Å². The average molecular weight is 331 g/mol. The molecule has 120 valence electrons. The predicted molar refractivity (Wildman–Crippen MR) is 91.6 cm³/mol. The second-order valence-corrected chi connectivity index (χ2v) is 6.04. The molecule has 0 atom stereocenters. The summed E-state index contributed by atoms with van der Waals surface area (Å²) >= 11 is 5.90. The molecule has 1 N–H and O–H groups in total. The van der Waals surface area contributed by atoms with E-state index in [-0.39, 0.29) is 12.1 Å². The number of nitrogens with zero attached hydrogens (tertiary/aromatic N) is 1. The standard InChI is InChI=1S/C18H19ClN2O2/c19-14-10-12-17(13-11-14)23-21(16-8-4-5-9-16)18(22)20-15-6-2-1-3-7-15/h1-3,6-7,10-13,16H,4-5,8-9H2,(H,20,22). The fourth-order valence-corrected chi connectivity index (χ4v) is 2.86. The van der Waals surface area contributed by atoms with Crippen molar-refractivity contribution < 1.29 is 9.63 Å². The van der Waals surface area contributed by atoms with E-state index >= 15 is 0 Å². The first-order valence-electron chi connectivity index (χ1n) is 7.81. The number of benzene rings is 2. The van der Waals surface area contributed by atoms with Crippen molar-refractivity contribution in [2.24, 2.45) is 0 Å². The third-order valence-corrected chi connectivity index (χ3v) is 4.15. The smallest absolute Gasteiger partial charge is 0.355 e. The lowest BCUT2D eigenvalue weighted by atomic mass is 10.2. The summed E-state index contributed by atoms with van der Waals surface area (Å²) < 4.78 is 0. The van der Waals surface area contributed by atoms with Crippen LogP contribution in [0.1, 0.15) is 25.7 Å². The Labute approximate surface area is 141 Å². The van der Waals surface area contributed by atoms with Gasteiger partial charge in [0.1, 0.15) is 0 Å². The second kappa shape index (κ2) is 7.38. The lowest BCUT2D eigenvalue weighted by Gasteiger charge is -2.28. The molecule has 0 saturated heterocycles. The largest absolute Gasteiger partial charge is 0.375 e. The van der Waals surface area contributed by atoms with Crippen LogP contribution in [0.3, 0.4) is 0 Å². The minimum Gasteiger partial charge on any atom is -0.375 e. The Morgan fingerprint density at radius 3 is 2.35 bits per heavy atom. The van der Waals surface area contributed by atoms with E-state index in [1.54, 1.807) is 24.3 Å². The van der Waals surface area contributed by atoms with Crippen molar-refractivity contribution in [3.63, 3.8) is 0 Å². The quantitative estimate of drug-likeness (QED) is 0.791. The van der Waals surface area contributed by atoms with Gasteiger partial charge in [0.05, 0.1) is 6.04 Å². The normalized spacial score (nSPS) is 14.5. The number of para-hydroxylation sites is 1. The number of amides is 2. The number of rotatable bonds is 4. The van der Waals surface area contributed by atoms with E-state index in [4.69, 9.17) is 16.4 Å². The third kappa shape index (κ3) is 4.17. The first-order chi connectivity index (χ1) is 11.2. The van der Waals surface area contributed by atoms with Gasteiger partial charge in [-0.05, 0) is 49.2 Å². The minimum absolute atomic E-state index is 0.0920. The highest BCUT2D eigenvalue weighted by Crippen LogP contribution is 2.26. The van der Waals surface area contributed by atoms with Gasteiger partial charge in [0.2, 0.25) is 0 Å². The molecule has 2 aromatic carbocycles. The maximum absolute atomic E-state index is 12.6. The van der Waals surface area contributed by atoms with Crippen LogP contribution in [0.5, 0.6) is 5.75 Å². The highest BCUT2D eigenvalue weighted by molar-refractivity contribution is 6.30. The van der Waals surface area contributed by atoms with Gasteiger partial charge in [0.25, 0.3) is 0 Å². The molecule has 5 heteroatoms. The number of anilines is 1. The molecule has 1 aliphatic rings. The summed E-state index contributed by atoms with van der Waals surface area (Å²) in [5.41, 5.74) is 0.750. The van der Waals surface area contributed by atoms with Crippen molar-refractivity contribution in [1.82, 2.24) is 5.06 Å². The molecule has 0 radical (unpaired) electrons. The summed E-state index contributed by atoms with van der Waals surface area (Å²) in [6.45, 7) is 0. The monoisotopic (exact) mass is 330 g/mol. The molecule has 1 fully saturated rings. The maximum Gasteiger partial charge on any atom is 0.355 e. The Kier molecular flexibility index (Phi) is 5.03. The van der Waals surface area contributed by atoms with Gasteiger partial charge >= 0.3 is 6.03 Å². The van der Waals surface area contributed by atoms with Gasteiger partial charge in [0, 0.05) is 10.7 Å². The topological polar surface area (TPSA) is 41.6 Å². The molecule has 3 rings (SSSR count). The Hall–Kier alpha value is -2.20. The highest BCUT2D eigenvalue weighted by atomic mass is 35.5. The fourth-order valence-electron chi connectivity index (χ4n) is 2.73. The molecule has 0 spiro atoms. The van der Waals surface area contributed by atoms with Crippen LogP contribution in [0, 0.1) is 0 Å². The number of carbonyl (C=O) groups is 1. The van der Waals surface area contributed by atoms with Crippen molar-refractivity contribution in [3.05, 3.63) is 59.6 Å². The molecular formula is C18H19ClN2O2. The Balaban J connectivity index is 1.74. The molecule has 4 nitrogen and oxygen atoms in total. The number of hydrogen-bond donors (Lipinski definition) is 1. The van der Waals surface area contributed by atoms with Crippen molar-refractivity contribution >= 4 is 23.3 Å². The maximum atomic E-state index is 12.6. The zero-order valence-electron chi connectivity index (χ0n) is 12.7. The molecule has 0 aliphatic heterocycles. The second-order valence-electron chi connectivity index (χ2n) is 5.61. The minimum atomic E-state index is -0.252. The van der Waals surface area contributed by atoms with Crippen molar-refractivity contribution in [1.29, 1.82) is 0 Å². The number of nitrogens with one attached hydrogen (secondary N) is 1. The molecule has 2 amide bonds. The summed E-state index contributed by atoms with van der Waals surface area (Å²) in [6.07, 6.45) is 4.14. The van der Waals surface area contributed by atoms with Crippen LogP contribution in [0.25, 0.3) is 0 Å².